The molecule has 1 fully saturated rings. The van der Waals surface area contributed by atoms with Crippen LogP contribution < -0.4 is 9.47 Å². The van der Waals surface area contributed by atoms with Gasteiger partial charge in [-0.1, -0.05) is 12.1 Å². The number of halogens is 1. The van der Waals surface area contributed by atoms with E-state index < -0.39 is 0 Å². The Morgan fingerprint density at radius 2 is 1.90 bits per heavy atom. The van der Waals surface area contributed by atoms with E-state index in [9.17, 15) is 4.79 Å². The number of methoxy groups -OCH3 is 2. The summed E-state index contributed by atoms with van der Waals surface area (Å²) in [4.78, 5) is 19.3. The number of rotatable bonds is 5. The molecule has 0 saturated carbocycles. The van der Waals surface area contributed by atoms with Gasteiger partial charge in [-0.2, -0.15) is 0 Å². The lowest BCUT2D eigenvalue weighted by Gasteiger charge is -2.39. The number of fused-ring (bicyclic) bond motifs is 3. The third-order valence-electron chi connectivity index (χ3n) is 5.94. The maximum atomic E-state index is 11.8. The number of nitrogens with zero attached hydrogens (tertiary/aromatic N) is 2. The van der Waals surface area contributed by atoms with Crippen LogP contribution in [0.3, 0.4) is 0 Å². The largest absolute Gasteiger partial charge is 0.493 e. The quantitative estimate of drug-likeness (QED) is 0.654. The average Bonchev–Trinajstić information content (AvgIpc) is 2.78. The minimum absolute atomic E-state index is 0. The molecular weight excluding hydrogens is 416 g/mol. The summed E-state index contributed by atoms with van der Waals surface area (Å²) in [7, 11) is 5.21. The van der Waals surface area contributed by atoms with Crippen molar-refractivity contribution in [3.63, 3.8) is 0 Å². The lowest BCUT2D eigenvalue weighted by Crippen LogP contribution is -2.41. The second-order valence-electron chi connectivity index (χ2n) is 7.79. The molecule has 2 aliphatic rings. The van der Waals surface area contributed by atoms with Crippen LogP contribution >= 0.6 is 12.4 Å². The molecule has 0 aliphatic carbocycles. The van der Waals surface area contributed by atoms with Gasteiger partial charge < -0.3 is 19.1 Å². The van der Waals surface area contributed by atoms with Crippen molar-refractivity contribution < 1.29 is 19.0 Å². The summed E-state index contributed by atoms with van der Waals surface area (Å²) >= 11 is 0. The molecule has 0 amide bonds. The first-order chi connectivity index (χ1) is 14.5. The van der Waals surface area contributed by atoms with Gasteiger partial charge >= 0.3 is 5.97 Å². The molecule has 0 radical (unpaired) electrons. The number of aliphatic imine (C=N–C) groups is 1. The zero-order valence-corrected chi connectivity index (χ0v) is 19.2. The van der Waals surface area contributed by atoms with Crippen LogP contribution in [0.25, 0.3) is 0 Å². The molecule has 2 aromatic carbocycles. The van der Waals surface area contributed by atoms with Gasteiger partial charge in [-0.15, -0.1) is 12.4 Å². The number of likely N-dealkylation sites (N-methyl/N-ethyl adjacent to an activating group) is 1. The van der Waals surface area contributed by atoms with Gasteiger partial charge in [-0.3, -0.25) is 4.99 Å². The predicted molar refractivity (Wildman–Crippen MR) is 123 cm³/mol. The van der Waals surface area contributed by atoms with Gasteiger partial charge in [0.25, 0.3) is 0 Å². The Kier molecular flexibility index (Phi) is 7.23. The summed E-state index contributed by atoms with van der Waals surface area (Å²) < 4.78 is 16.3. The number of hydrogen-bond donors (Lipinski definition) is 0. The standard InChI is InChI=1S/C24H28N2O4.ClH/c1-5-30-22-12-17-18(13-21(22)28-3)23(25-20-10-11-26(2)14-19(17)20)15-6-8-16(9-7-15)24(27)29-4;/h6-9,12-13,19-20H,5,10-11,14H2,1-4H3;1H/t19-,20-;/m1./s1. The van der Waals surface area contributed by atoms with Gasteiger partial charge in [0.2, 0.25) is 0 Å². The van der Waals surface area contributed by atoms with Crippen LogP contribution in [0.5, 0.6) is 11.5 Å². The lowest BCUT2D eigenvalue weighted by molar-refractivity contribution is 0.0600. The van der Waals surface area contributed by atoms with E-state index in [2.05, 4.69) is 18.0 Å². The van der Waals surface area contributed by atoms with Crippen molar-refractivity contribution in [1.29, 1.82) is 0 Å². The third-order valence-corrected chi connectivity index (χ3v) is 5.94. The van der Waals surface area contributed by atoms with Crippen LogP contribution in [0.15, 0.2) is 41.4 Å². The summed E-state index contributed by atoms with van der Waals surface area (Å²) in [5.74, 6) is 1.46. The van der Waals surface area contributed by atoms with Crippen molar-refractivity contribution in [2.45, 2.75) is 25.3 Å². The zero-order valence-electron chi connectivity index (χ0n) is 18.4. The highest BCUT2D eigenvalue weighted by Crippen LogP contribution is 2.42. The molecule has 6 nitrogen and oxygen atoms in total. The highest BCUT2D eigenvalue weighted by atomic mass is 35.5. The highest BCUT2D eigenvalue weighted by molar-refractivity contribution is 6.15. The molecule has 2 heterocycles. The fourth-order valence-electron chi connectivity index (χ4n) is 4.43. The Bertz CT molecular complexity index is 974. The average molecular weight is 445 g/mol. The van der Waals surface area contributed by atoms with Crippen LogP contribution in [-0.4, -0.2) is 63.6 Å². The lowest BCUT2D eigenvalue weighted by atomic mass is 9.79. The first kappa shape index (κ1) is 23.1. The molecule has 2 aromatic rings. The fourth-order valence-corrected chi connectivity index (χ4v) is 4.43. The number of benzene rings is 2. The minimum Gasteiger partial charge on any atom is -0.493 e. The number of hydrogen-bond acceptors (Lipinski definition) is 6. The maximum Gasteiger partial charge on any atom is 0.337 e. The molecule has 31 heavy (non-hydrogen) atoms. The normalized spacial score (nSPS) is 19.9. The van der Waals surface area contributed by atoms with E-state index in [4.69, 9.17) is 19.2 Å². The van der Waals surface area contributed by atoms with E-state index in [0.717, 1.165) is 42.1 Å². The van der Waals surface area contributed by atoms with Crippen LogP contribution in [-0.2, 0) is 4.74 Å². The molecule has 0 spiro atoms. The molecule has 2 aliphatic heterocycles. The third kappa shape index (κ3) is 4.41. The van der Waals surface area contributed by atoms with Gasteiger partial charge in [0.15, 0.2) is 11.5 Å². The molecule has 2 atom stereocenters. The molecule has 4 rings (SSSR count). The molecule has 0 N–H and O–H groups in total. The Hall–Kier alpha value is -2.57. The second-order valence-corrected chi connectivity index (χ2v) is 7.79. The SMILES string of the molecule is CCOc1cc2c(cc1OC)C(c1ccc(C(=O)OC)cc1)=N[C@@H]1CCN(C)C[C@H]21.Cl. The number of ether oxygens (including phenoxy) is 3. The summed E-state index contributed by atoms with van der Waals surface area (Å²) in [5, 5.41) is 0. The summed E-state index contributed by atoms with van der Waals surface area (Å²) in [6.45, 7) is 4.56. The smallest absolute Gasteiger partial charge is 0.337 e. The summed E-state index contributed by atoms with van der Waals surface area (Å²) in [6, 6.07) is 11.8. The molecular formula is C24H29ClN2O4. The molecule has 7 heteroatoms. The van der Waals surface area contributed by atoms with Gasteiger partial charge in [0, 0.05) is 23.6 Å². The van der Waals surface area contributed by atoms with Crippen molar-refractivity contribution in [2.75, 3.05) is 41.0 Å². The van der Waals surface area contributed by atoms with E-state index >= 15 is 0 Å². The monoisotopic (exact) mass is 444 g/mol. The number of carbonyl (C=O) groups is 1. The van der Waals surface area contributed by atoms with Crippen LogP contribution in [0.1, 0.15) is 46.3 Å². The number of likely N-dealkylation sites (tertiary alicyclic amines) is 1. The summed E-state index contributed by atoms with van der Waals surface area (Å²) in [5.41, 5.74) is 4.76. The van der Waals surface area contributed by atoms with Crippen LogP contribution in [0, 0.1) is 0 Å². The van der Waals surface area contributed by atoms with Gasteiger partial charge in [0.05, 0.1) is 38.1 Å². The first-order valence-corrected chi connectivity index (χ1v) is 10.4. The van der Waals surface area contributed by atoms with Crippen molar-refractivity contribution in [1.82, 2.24) is 4.90 Å². The molecule has 0 unspecified atom stereocenters. The Balaban J connectivity index is 0.00000272. The van der Waals surface area contributed by atoms with E-state index in [1.807, 2.05) is 25.1 Å². The molecule has 0 aromatic heterocycles. The second kappa shape index (κ2) is 9.71. The van der Waals surface area contributed by atoms with Crippen molar-refractivity contribution >= 4 is 24.1 Å². The van der Waals surface area contributed by atoms with Gasteiger partial charge in [0.1, 0.15) is 0 Å². The maximum absolute atomic E-state index is 11.8. The van der Waals surface area contributed by atoms with E-state index in [-0.39, 0.29) is 24.4 Å². The fraction of sp³-hybridized carbons (Fsp3) is 0.417. The van der Waals surface area contributed by atoms with Crippen molar-refractivity contribution in [3.8, 4) is 11.5 Å². The predicted octanol–water partition coefficient (Wildman–Crippen LogP) is 3.94. The highest BCUT2D eigenvalue weighted by Gasteiger charge is 2.36. The van der Waals surface area contributed by atoms with Crippen molar-refractivity contribution in [3.05, 3.63) is 58.7 Å². The Morgan fingerprint density at radius 3 is 2.55 bits per heavy atom. The molecule has 1 saturated heterocycles. The van der Waals surface area contributed by atoms with Crippen molar-refractivity contribution in [2.24, 2.45) is 4.99 Å². The van der Waals surface area contributed by atoms with Gasteiger partial charge in [-0.05, 0) is 56.8 Å². The Morgan fingerprint density at radius 1 is 1.16 bits per heavy atom. The Labute approximate surface area is 189 Å². The van der Waals surface area contributed by atoms with E-state index in [1.165, 1.54) is 12.7 Å². The molecule has 0 bridgehead atoms. The van der Waals surface area contributed by atoms with E-state index in [0.29, 0.717) is 23.8 Å². The number of esters is 1. The topological polar surface area (TPSA) is 60.4 Å². The number of piperidine rings is 1. The zero-order chi connectivity index (χ0) is 21.3. The van der Waals surface area contributed by atoms with Gasteiger partial charge in [-0.25, -0.2) is 4.79 Å². The minimum atomic E-state index is -0.342. The molecule has 166 valence electrons. The first-order valence-electron chi connectivity index (χ1n) is 10.4. The number of carbonyl (C=O) groups excluding carboxylic acids is 1. The van der Waals surface area contributed by atoms with E-state index in [1.54, 1.807) is 19.2 Å². The summed E-state index contributed by atoms with van der Waals surface area (Å²) in [6.07, 6.45) is 1.01. The van der Waals surface area contributed by atoms with Crippen LogP contribution in [0.2, 0.25) is 0 Å². The van der Waals surface area contributed by atoms with Crippen LogP contribution in [0.4, 0.5) is 0 Å².